The molecule has 1 aliphatic rings. The van der Waals surface area contributed by atoms with E-state index in [1.807, 2.05) is 13.8 Å². The number of nitrogens with zero attached hydrogens (tertiary/aromatic N) is 2. The lowest BCUT2D eigenvalue weighted by Gasteiger charge is -2.35. The van der Waals surface area contributed by atoms with Crippen LogP contribution < -0.4 is 5.32 Å². The fraction of sp³-hybridized carbons (Fsp3) is 0.667. The van der Waals surface area contributed by atoms with Gasteiger partial charge in [-0.2, -0.15) is 0 Å². The molecule has 6 heteroatoms. The van der Waals surface area contributed by atoms with Gasteiger partial charge in [0.1, 0.15) is 0 Å². The van der Waals surface area contributed by atoms with Gasteiger partial charge in [-0.3, -0.25) is 0 Å². The smallest absolute Gasteiger partial charge is 0.409 e. The highest BCUT2D eigenvalue weighted by molar-refractivity contribution is 7.80. The quantitative estimate of drug-likeness (QED) is 0.617. The van der Waals surface area contributed by atoms with Gasteiger partial charge < -0.3 is 19.9 Å². The fourth-order valence-corrected chi connectivity index (χ4v) is 1.90. The van der Waals surface area contributed by atoms with Gasteiger partial charge in [-0.25, -0.2) is 4.79 Å². The van der Waals surface area contributed by atoms with Crippen molar-refractivity contribution < 1.29 is 9.53 Å². The highest BCUT2D eigenvalue weighted by atomic mass is 32.1. The molecule has 1 fully saturated rings. The molecule has 0 aromatic heterocycles. The second kappa shape index (κ2) is 7.20. The molecular weight excluding hydrogens is 250 g/mol. The second-order valence-electron chi connectivity index (χ2n) is 4.29. The molecule has 1 saturated heterocycles. The lowest BCUT2D eigenvalue weighted by atomic mass is 10.3. The molecule has 0 aromatic carbocycles. The Morgan fingerprint density at radius 1 is 1.33 bits per heavy atom. The normalized spacial score (nSPS) is 15.2. The number of piperazine rings is 1. The van der Waals surface area contributed by atoms with Gasteiger partial charge >= 0.3 is 6.09 Å². The average molecular weight is 271 g/mol. The monoisotopic (exact) mass is 271 g/mol. The molecule has 0 aliphatic carbocycles. The zero-order valence-electron chi connectivity index (χ0n) is 11.1. The van der Waals surface area contributed by atoms with Crippen LogP contribution in [0.4, 0.5) is 4.79 Å². The molecule has 102 valence electrons. The molecule has 18 heavy (non-hydrogen) atoms. The minimum atomic E-state index is -0.238. The van der Waals surface area contributed by atoms with Crippen LogP contribution in [0.3, 0.4) is 0 Å². The van der Waals surface area contributed by atoms with E-state index in [0.29, 0.717) is 26.2 Å². The summed E-state index contributed by atoms with van der Waals surface area (Å²) in [6, 6.07) is 0. The number of thiocarbonyl (C=S) groups is 1. The van der Waals surface area contributed by atoms with Crippen molar-refractivity contribution in [1.29, 1.82) is 0 Å². The van der Waals surface area contributed by atoms with Gasteiger partial charge in [-0.15, -0.1) is 0 Å². The Bertz CT molecular complexity index is 325. The first-order valence-corrected chi connectivity index (χ1v) is 6.54. The molecule has 0 aromatic rings. The van der Waals surface area contributed by atoms with Gasteiger partial charge in [0.15, 0.2) is 5.11 Å². The summed E-state index contributed by atoms with van der Waals surface area (Å²) in [5.74, 6) is 0. The van der Waals surface area contributed by atoms with E-state index in [9.17, 15) is 4.79 Å². The number of carbonyl (C=O) groups excluding carboxylic acids is 1. The zero-order chi connectivity index (χ0) is 13.5. The summed E-state index contributed by atoms with van der Waals surface area (Å²) in [5.41, 5.74) is 1.04. The van der Waals surface area contributed by atoms with E-state index in [1.54, 1.807) is 4.90 Å². The molecule has 1 N–H and O–H groups in total. The summed E-state index contributed by atoms with van der Waals surface area (Å²) in [6.45, 7) is 11.5. The minimum absolute atomic E-state index is 0.238. The number of ether oxygens (including phenoxy) is 1. The van der Waals surface area contributed by atoms with Gasteiger partial charge in [0, 0.05) is 32.7 Å². The molecule has 0 unspecified atom stereocenters. The van der Waals surface area contributed by atoms with Crippen molar-refractivity contribution in [3.05, 3.63) is 12.2 Å². The van der Waals surface area contributed by atoms with E-state index in [0.717, 1.165) is 23.8 Å². The van der Waals surface area contributed by atoms with E-state index in [1.165, 1.54) is 0 Å². The lowest BCUT2D eigenvalue weighted by molar-refractivity contribution is 0.0919. The van der Waals surface area contributed by atoms with Crippen molar-refractivity contribution in [2.75, 3.05) is 39.3 Å². The Hall–Kier alpha value is -1.30. The van der Waals surface area contributed by atoms with Crippen LogP contribution in [0.1, 0.15) is 13.8 Å². The maximum absolute atomic E-state index is 11.5. The molecule has 1 aliphatic heterocycles. The Labute approximate surface area is 114 Å². The van der Waals surface area contributed by atoms with Crippen LogP contribution in [0.5, 0.6) is 0 Å². The number of carbonyl (C=O) groups is 1. The van der Waals surface area contributed by atoms with Crippen molar-refractivity contribution in [1.82, 2.24) is 15.1 Å². The standard InChI is InChI=1S/C12H21N3O2S/c1-4-17-12(16)15-7-5-14(6-8-15)11(18)13-9-10(2)3/h2,4-9H2,1,3H3,(H,13,18). The molecular formula is C12H21N3O2S. The van der Waals surface area contributed by atoms with E-state index < -0.39 is 0 Å². The van der Waals surface area contributed by atoms with E-state index >= 15 is 0 Å². The van der Waals surface area contributed by atoms with Crippen LogP contribution in [0, 0.1) is 0 Å². The highest BCUT2D eigenvalue weighted by Gasteiger charge is 2.22. The topological polar surface area (TPSA) is 44.8 Å². The van der Waals surface area contributed by atoms with Crippen LogP contribution in [0.25, 0.3) is 0 Å². The SMILES string of the molecule is C=C(C)CNC(=S)N1CCN(C(=O)OCC)CC1. The largest absolute Gasteiger partial charge is 0.450 e. The van der Waals surface area contributed by atoms with Gasteiger partial charge in [-0.1, -0.05) is 12.2 Å². The van der Waals surface area contributed by atoms with Crippen molar-refractivity contribution >= 4 is 23.4 Å². The van der Waals surface area contributed by atoms with Crippen LogP contribution >= 0.6 is 12.2 Å². The minimum Gasteiger partial charge on any atom is -0.450 e. The number of hydrogen-bond acceptors (Lipinski definition) is 3. The first-order valence-electron chi connectivity index (χ1n) is 6.13. The van der Waals surface area contributed by atoms with Crippen molar-refractivity contribution in [3.63, 3.8) is 0 Å². The molecule has 0 bridgehead atoms. The number of nitrogens with one attached hydrogen (secondary N) is 1. The highest BCUT2D eigenvalue weighted by Crippen LogP contribution is 2.04. The maximum atomic E-state index is 11.5. The molecule has 0 spiro atoms. The number of amides is 1. The molecule has 0 atom stereocenters. The molecule has 1 heterocycles. The summed E-state index contributed by atoms with van der Waals surface area (Å²) in [5, 5.41) is 3.87. The Morgan fingerprint density at radius 2 is 1.89 bits per heavy atom. The average Bonchev–Trinajstić information content (AvgIpc) is 2.36. The third-order valence-electron chi connectivity index (χ3n) is 2.63. The van der Waals surface area contributed by atoms with Gasteiger partial charge in [0.25, 0.3) is 0 Å². The molecule has 1 rings (SSSR count). The molecule has 0 radical (unpaired) electrons. The Balaban J connectivity index is 2.32. The Morgan fingerprint density at radius 3 is 2.39 bits per heavy atom. The molecule has 5 nitrogen and oxygen atoms in total. The molecule has 0 saturated carbocycles. The lowest BCUT2D eigenvalue weighted by Crippen LogP contribution is -2.53. The van der Waals surface area contributed by atoms with Gasteiger partial charge in [0.2, 0.25) is 0 Å². The predicted octanol–water partition coefficient (Wildman–Crippen LogP) is 1.21. The summed E-state index contributed by atoms with van der Waals surface area (Å²) < 4.78 is 4.96. The molecule has 1 amide bonds. The Kier molecular flexibility index (Phi) is 5.91. The number of rotatable bonds is 3. The van der Waals surface area contributed by atoms with E-state index in [-0.39, 0.29) is 6.09 Å². The summed E-state index contributed by atoms with van der Waals surface area (Å²) in [6.07, 6.45) is -0.238. The van der Waals surface area contributed by atoms with Crippen molar-refractivity contribution in [2.24, 2.45) is 0 Å². The van der Waals surface area contributed by atoms with Crippen LogP contribution in [0.15, 0.2) is 12.2 Å². The van der Waals surface area contributed by atoms with Crippen LogP contribution in [0.2, 0.25) is 0 Å². The van der Waals surface area contributed by atoms with E-state index in [2.05, 4.69) is 16.8 Å². The van der Waals surface area contributed by atoms with Crippen molar-refractivity contribution in [2.45, 2.75) is 13.8 Å². The van der Waals surface area contributed by atoms with Gasteiger partial charge in [0.05, 0.1) is 6.61 Å². The van der Waals surface area contributed by atoms with E-state index in [4.69, 9.17) is 17.0 Å². The fourth-order valence-electron chi connectivity index (χ4n) is 1.65. The summed E-state index contributed by atoms with van der Waals surface area (Å²) in [7, 11) is 0. The van der Waals surface area contributed by atoms with Crippen molar-refractivity contribution in [3.8, 4) is 0 Å². The second-order valence-corrected chi connectivity index (χ2v) is 4.68. The summed E-state index contributed by atoms with van der Waals surface area (Å²) in [4.78, 5) is 15.3. The third-order valence-corrected chi connectivity index (χ3v) is 3.04. The summed E-state index contributed by atoms with van der Waals surface area (Å²) >= 11 is 5.29. The third kappa shape index (κ3) is 4.52. The zero-order valence-corrected chi connectivity index (χ0v) is 11.9. The van der Waals surface area contributed by atoms with Gasteiger partial charge in [-0.05, 0) is 26.1 Å². The maximum Gasteiger partial charge on any atom is 0.409 e. The van der Waals surface area contributed by atoms with Crippen LogP contribution in [-0.2, 0) is 4.74 Å². The number of hydrogen-bond donors (Lipinski definition) is 1. The van der Waals surface area contributed by atoms with Crippen LogP contribution in [-0.4, -0.2) is 60.3 Å². The first-order chi connectivity index (χ1) is 8.54. The first kappa shape index (κ1) is 14.8. The predicted molar refractivity (Wildman–Crippen MR) is 75.6 cm³/mol.